The quantitative estimate of drug-likeness (QED) is 0.796. The van der Waals surface area contributed by atoms with E-state index in [4.69, 9.17) is 9.47 Å². The standard InChI is InChI=1S/C21H31N3O3/c1-16(22-2)4-3-5-17-12-20(14-23-13-17)27-19-6-9-24(15-19)21(25)18-7-10-26-11-8-18/h3,5,12-14,16,18-19,22H,4,6-11,15H2,1-2H3/t16-,19-/m0/s1. The van der Waals surface area contributed by atoms with Gasteiger partial charge in [-0.2, -0.15) is 0 Å². The minimum Gasteiger partial charge on any atom is -0.487 e. The maximum atomic E-state index is 12.6. The highest BCUT2D eigenvalue weighted by atomic mass is 16.5. The topological polar surface area (TPSA) is 63.7 Å². The van der Waals surface area contributed by atoms with E-state index in [2.05, 4.69) is 29.4 Å². The molecule has 0 bridgehead atoms. The molecule has 0 aliphatic carbocycles. The van der Waals surface area contributed by atoms with E-state index < -0.39 is 0 Å². The maximum Gasteiger partial charge on any atom is 0.225 e. The zero-order valence-electron chi connectivity index (χ0n) is 16.4. The molecule has 3 heterocycles. The zero-order chi connectivity index (χ0) is 19.1. The molecule has 0 radical (unpaired) electrons. The molecule has 1 aromatic heterocycles. The number of hydrogen-bond donors (Lipinski definition) is 1. The summed E-state index contributed by atoms with van der Waals surface area (Å²) in [5.74, 6) is 1.15. The second-order valence-corrected chi connectivity index (χ2v) is 7.48. The fraction of sp³-hybridized carbons (Fsp3) is 0.619. The number of carbonyl (C=O) groups is 1. The predicted octanol–water partition coefficient (Wildman–Crippen LogP) is 2.50. The minimum atomic E-state index is 0.0409. The van der Waals surface area contributed by atoms with Gasteiger partial charge in [0.05, 0.1) is 12.7 Å². The van der Waals surface area contributed by atoms with Crippen LogP contribution in [0.1, 0.15) is 38.2 Å². The summed E-state index contributed by atoms with van der Waals surface area (Å²) in [6, 6.07) is 2.46. The van der Waals surface area contributed by atoms with Crippen molar-refractivity contribution in [2.24, 2.45) is 5.92 Å². The van der Waals surface area contributed by atoms with Gasteiger partial charge < -0.3 is 19.7 Å². The molecule has 3 rings (SSSR count). The molecule has 0 spiro atoms. The molecule has 1 N–H and O–H groups in total. The number of amides is 1. The fourth-order valence-electron chi connectivity index (χ4n) is 3.54. The van der Waals surface area contributed by atoms with Gasteiger partial charge in [0.2, 0.25) is 5.91 Å². The third-order valence-electron chi connectivity index (χ3n) is 5.36. The largest absolute Gasteiger partial charge is 0.487 e. The molecule has 0 unspecified atom stereocenters. The lowest BCUT2D eigenvalue weighted by atomic mass is 9.99. The number of likely N-dealkylation sites (tertiary alicyclic amines) is 1. The summed E-state index contributed by atoms with van der Waals surface area (Å²) in [6.45, 7) is 4.98. The number of ether oxygens (including phenoxy) is 2. The van der Waals surface area contributed by atoms with Gasteiger partial charge in [-0.1, -0.05) is 12.2 Å². The number of carbonyl (C=O) groups excluding carboxylic acids is 1. The van der Waals surface area contributed by atoms with Gasteiger partial charge in [-0.3, -0.25) is 9.78 Å². The average molecular weight is 373 g/mol. The van der Waals surface area contributed by atoms with E-state index in [1.165, 1.54) is 0 Å². The van der Waals surface area contributed by atoms with Gasteiger partial charge in [-0.25, -0.2) is 0 Å². The molecule has 27 heavy (non-hydrogen) atoms. The summed E-state index contributed by atoms with van der Waals surface area (Å²) < 4.78 is 11.5. The van der Waals surface area contributed by atoms with Crippen LogP contribution in [0.5, 0.6) is 5.75 Å². The van der Waals surface area contributed by atoms with Crippen LogP contribution in [0.15, 0.2) is 24.5 Å². The average Bonchev–Trinajstić information content (AvgIpc) is 3.16. The Morgan fingerprint density at radius 2 is 2.22 bits per heavy atom. The van der Waals surface area contributed by atoms with Gasteiger partial charge in [0.15, 0.2) is 0 Å². The van der Waals surface area contributed by atoms with Crippen LogP contribution in [0.3, 0.4) is 0 Å². The van der Waals surface area contributed by atoms with Crippen molar-refractivity contribution in [1.82, 2.24) is 15.2 Å². The third kappa shape index (κ3) is 5.78. The molecule has 2 saturated heterocycles. The van der Waals surface area contributed by atoms with Crippen LogP contribution >= 0.6 is 0 Å². The number of aromatic nitrogens is 1. The van der Waals surface area contributed by atoms with Crippen LogP contribution < -0.4 is 10.1 Å². The van der Waals surface area contributed by atoms with Gasteiger partial charge in [0.1, 0.15) is 11.9 Å². The molecule has 6 nitrogen and oxygen atoms in total. The third-order valence-corrected chi connectivity index (χ3v) is 5.36. The molecular weight excluding hydrogens is 342 g/mol. The molecule has 6 heteroatoms. The van der Waals surface area contributed by atoms with E-state index >= 15 is 0 Å². The van der Waals surface area contributed by atoms with E-state index in [-0.39, 0.29) is 17.9 Å². The van der Waals surface area contributed by atoms with Crippen molar-refractivity contribution in [1.29, 1.82) is 0 Å². The Balaban J connectivity index is 1.50. The first-order valence-corrected chi connectivity index (χ1v) is 9.97. The van der Waals surface area contributed by atoms with Crippen molar-refractivity contribution < 1.29 is 14.3 Å². The van der Waals surface area contributed by atoms with Crippen molar-refractivity contribution in [3.63, 3.8) is 0 Å². The molecule has 2 fully saturated rings. The van der Waals surface area contributed by atoms with E-state index in [0.29, 0.717) is 25.8 Å². The first kappa shape index (κ1) is 19.8. The molecular formula is C21H31N3O3. The molecule has 2 aliphatic heterocycles. The van der Waals surface area contributed by atoms with E-state index in [0.717, 1.165) is 43.5 Å². The lowest BCUT2D eigenvalue weighted by Gasteiger charge is -2.26. The second kappa shape index (κ2) is 9.85. The maximum absolute atomic E-state index is 12.6. The SMILES string of the molecule is CN[C@@H](C)CC=Cc1cncc(O[C@H]2CCN(C(=O)C3CCOCC3)C2)c1. The first-order chi connectivity index (χ1) is 13.2. The lowest BCUT2D eigenvalue weighted by molar-refractivity contribution is -0.137. The Morgan fingerprint density at radius 1 is 1.41 bits per heavy atom. The van der Waals surface area contributed by atoms with Crippen LogP contribution in [0, 0.1) is 5.92 Å². The van der Waals surface area contributed by atoms with E-state index in [1.807, 2.05) is 24.2 Å². The number of hydrogen-bond acceptors (Lipinski definition) is 5. The monoisotopic (exact) mass is 373 g/mol. The fourth-order valence-corrected chi connectivity index (χ4v) is 3.54. The van der Waals surface area contributed by atoms with Gasteiger partial charge in [-0.05, 0) is 44.9 Å². The zero-order valence-corrected chi connectivity index (χ0v) is 16.4. The smallest absolute Gasteiger partial charge is 0.225 e. The number of rotatable bonds is 7. The Bertz CT molecular complexity index is 643. The minimum absolute atomic E-state index is 0.0409. The van der Waals surface area contributed by atoms with Crippen LogP contribution in [0.25, 0.3) is 6.08 Å². The predicted molar refractivity (Wildman–Crippen MR) is 106 cm³/mol. The first-order valence-electron chi connectivity index (χ1n) is 9.97. The Morgan fingerprint density at radius 3 is 3.00 bits per heavy atom. The van der Waals surface area contributed by atoms with Crippen LogP contribution in [-0.2, 0) is 9.53 Å². The van der Waals surface area contributed by atoms with Gasteiger partial charge >= 0.3 is 0 Å². The van der Waals surface area contributed by atoms with Crippen LogP contribution in [0.2, 0.25) is 0 Å². The molecule has 148 valence electrons. The van der Waals surface area contributed by atoms with Crippen molar-refractivity contribution in [2.45, 2.75) is 44.8 Å². The van der Waals surface area contributed by atoms with Crippen LogP contribution in [-0.4, -0.2) is 61.3 Å². The number of nitrogens with one attached hydrogen (secondary N) is 1. The summed E-state index contributed by atoms with van der Waals surface area (Å²) in [7, 11) is 1.96. The van der Waals surface area contributed by atoms with E-state index in [9.17, 15) is 4.79 Å². The summed E-state index contributed by atoms with van der Waals surface area (Å²) in [6.07, 6.45) is 11.4. The van der Waals surface area contributed by atoms with Crippen molar-refractivity contribution in [3.8, 4) is 5.75 Å². The Hall–Kier alpha value is -1.92. The van der Waals surface area contributed by atoms with Gasteiger partial charge in [-0.15, -0.1) is 0 Å². The highest BCUT2D eigenvalue weighted by molar-refractivity contribution is 5.79. The number of nitrogens with zero attached hydrogens (tertiary/aromatic N) is 2. The summed E-state index contributed by atoms with van der Waals surface area (Å²) >= 11 is 0. The van der Waals surface area contributed by atoms with E-state index in [1.54, 1.807) is 6.20 Å². The lowest BCUT2D eigenvalue weighted by Crippen LogP contribution is -2.38. The molecule has 1 aromatic rings. The van der Waals surface area contributed by atoms with Crippen molar-refractivity contribution in [3.05, 3.63) is 30.1 Å². The van der Waals surface area contributed by atoms with Crippen LogP contribution in [0.4, 0.5) is 0 Å². The normalized spacial score (nSPS) is 22.3. The summed E-state index contributed by atoms with van der Waals surface area (Å²) in [5, 5.41) is 3.22. The van der Waals surface area contributed by atoms with Gasteiger partial charge in [0.25, 0.3) is 0 Å². The Kier molecular flexibility index (Phi) is 7.24. The second-order valence-electron chi connectivity index (χ2n) is 7.48. The highest BCUT2D eigenvalue weighted by Gasteiger charge is 2.32. The molecule has 0 saturated carbocycles. The summed E-state index contributed by atoms with van der Waals surface area (Å²) in [4.78, 5) is 18.9. The Labute approximate surface area is 161 Å². The number of pyridine rings is 1. The molecule has 1 amide bonds. The summed E-state index contributed by atoms with van der Waals surface area (Å²) in [5.41, 5.74) is 1.03. The van der Waals surface area contributed by atoms with Gasteiger partial charge in [0, 0.05) is 44.3 Å². The molecule has 2 aliphatic rings. The van der Waals surface area contributed by atoms with Crippen molar-refractivity contribution >= 4 is 12.0 Å². The molecule has 0 aromatic carbocycles. The highest BCUT2D eigenvalue weighted by Crippen LogP contribution is 2.23. The molecule has 2 atom stereocenters. The van der Waals surface area contributed by atoms with Crippen molar-refractivity contribution in [2.75, 3.05) is 33.4 Å².